The van der Waals surface area contributed by atoms with Gasteiger partial charge in [0.15, 0.2) is 0 Å². The molecule has 88 valence electrons. The average Bonchev–Trinajstić information content (AvgIpc) is 2.20. The van der Waals surface area contributed by atoms with Crippen LogP contribution in [0.1, 0.15) is 32.4 Å². The molecule has 0 aromatic carbocycles. The molecule has 0 atom stereocenters. The zero-order valence-electron chi connectivity index (χ0n) is 10.2. The van der Waals surface area contributed by atoms with Crippen molar-refractivity contribution >= 4 is 5.69 Å². The van der Waals surface area contributed by atoms with Crippen molar-refractivity contribution in [1.29, 1.82) is 0 Å². The van der Waals surface area contributed by atoms with Crippen LogP contribution in [0.25, 0.3) is 0 Å². The van der Waals surface area contributed by atoms with Crippen molar-refractivity contribution in [3.8, 4) is 0 Å². The number of hydrogen-bond donors (Lipinski definition) is 1. The number of nitrogens with zero attached hydrogens (tertiary/aromatic N) is 2. The fraction of sp³-hybridized carbons (Fsp3) is 0.615. The van der Waals surface area contributed by atoms with Gasteiger partial charge in [-0.3, -0.25) is 9.88 Å². The smallest absolute Gasteiger partial charge is 0.0772 e. The first-order valence-corrected chi connectivity index (χ1v) is 5.99. The summed E-state index contributed by atoms with van der Waals surface area (Å²) in [5, 5.41) is 0. The second-order valence-electron chi connectivity index (χ2n) is 5.52. The summed E-state index contributed by atoms with van der Waals surface area (Å²) in [6.45, 7) is 7.86. The molecular formula is C13H21N3. The molecule has 0 saturated carbocycles. The molecule has 1 fully saturated rings. The lowest BCUT2D eigenvalue weighted by Gasteiger charge is -2.37. The molecule has 1 aliphatic heterocycles. The molecule has 2 N–H and O–H groups in total. The van der Waals surface area contributed by atoms with Gasteiger partial charge in [0, 0.05) is 19.3 Å². The van der Waals surface area contributed by atoms with Crippen molar-refractivity contribution in [3.63, 3.8) is 0 Å². The Hall–Kier alpha value is -1.09. The highest BCUT2D eigenvalue weighted by atomic mass is 15.1. The summed E-state index contributed by atoms with van der Waals surface area (Å²) in [7, 11) is 0. The molecule has 1 aliphatic rings. The number of aromatic nitrogens is 1. The Kier molecular flexibility index (Phi) is 3.15. The summed E-state index contributed by atoms with van der Waals surface area (Å²) in [5.41, 5.74) is 8.17. The molecule has 0 amide bonds. The Balaban J connectivity index is 2.02. The molecule has 0 unspecified atom stereocenters. The monoisotopic (exact) mass is 219 g/mol. The van der Waals surface area contributed by atoms with E-state index in [0.29, 0.717) is 5.41 Å². The van der Waals surface area contributed by atoms with Gasteiger partial charge in [0.05, 0.1) is 11.4 Å². The van der Waals surface area contributed by atoms with Crippen LogP contribution in [0.15, 0.2) is 18.3 Å². The van der Waals surface area contributed by atoms with Crippen molar-refractivity contribution in [3.05, 3.63) is 24.0 Å². The van der Waals surface area contributed by atoms with Crippen LogP contribution in [0.3, 0.4) is 0 Å². The summed E-state index contributed by atoms with van der Waals surface area (Å²) in [6, 6.07) is 3.82. The first-order valence-electron chi connectivity index (χ1n) is 5.99. The van der Waals surface area contributed by atoms with E-state index in [1.54, 1.807) is 0 Å². The van der Waals surface area contributed by atoms with Crippen LogP contribution < -0.4 is 5.73 Å². The van der Waals surface area contributed by atoms with Crippen LogP contribution in [0.5, 0.6) is 0 Å². The highest BCUT2D eigenvalue weighted by Crippen LogP contribution is 2.29. The topological polar surface area (TPSA) is 42.2 Å². The Morgan fingerprint density at radius 2 is 2.31 bits per heavy atom. The number of hydrogen-bond acceptors (Lipinski definition) is 3. The Bertz CT molecular complexity index is 360. The van der Waals surface area contributed by atoms with Gasteiger partial charge in [0.2, 0.25) is 0 Å². The van der Waals surface area contributed by atoms with Crippen molar-refractivity contribution in [1.82, 2.24) is 9.88 Å². The molecule has 3 nitrogen and oxygen atoms in total. The molecule has 16 heavy (non-hydrogen) atoms. The van der Waals surface area contributed by atoms with Gasteiger partial charge in [0.25, 0.3) is 0 Å². The van der Waals surface area contributed by atoms with Crippen molar-refractivity contribution in [2.24, 2.45) is 5.41 Å². The van der Waals surface area contributed by atoms with Gasteiger partial charge in [0.1, 0.15) is 0 Å². The van der Waals surface area contributed by atoms with Gasteiger partial charge in [-0.2, -0.15) is 0 Å². The highest BCUT2D eigenvalue weighted by molar-refractivity contribution is 5.41. The van der Waals surface area contributed by atoms with E-state index in [9.17, 15) is 0 Å². The normalized spacial score (nSPS) is 20.9. The summed E-state index contributed by atoms with van der Waals surface area (Å²) in [5.74, 6) is 0. The first kappa shape index (κ1) is 11.4. The maximum atomic E-state index is 5.92. The molecule has 0 aliphatic carbocycles. The highest BCUT2D eigenvalue weighted by Gasteiger charge is 2.26. The van der Waals surface area contributed by atoms with E-state index in [4.69, 9.17) is 5.73 Å². The number of rotatable bonds is 2. The third-order valence-corrected chi connectivity index (χ3v) is 3.28. The van der Waals surface area contributed by atoms with E-state index in [1.807, 2.05) is 18.3 Å². The van der Waals surface area contributed by atoms with E-state index in [1.165, 1.54) is 19.4 Å². The molecule has 2 heterocycles. The minimum Gasteiger partial charge on any atom is -0.397 e. The maximum absolute atomic E-state index is 5.92. The summed E-state index contributed by atoms with van der Waals surface area (Å²) < 4.78 is 0. The van der Waals surface area contributed by atoms with Crippen LogP contribution >= 0.6 is 0 Å². The summed E-state index contributed by atoms with van der Waals surface area (Å²) in [4.78, 5) is 6.81. The standard InChI is InChI=1S/C13H21N3/c1-13(2)6-4-8-16(10-13)9-12-11(14)5-3-7-15-12/h3,5,7H,4,6,8-10,14H2,1-2H3. The van der Waals surface area contributed by atoms with Crippen molar-refractivity contribution in [2.75, 3.05) is 18.8 Å². The quantitative estimate of drug-likeness (QED) is 0.829. The van der Waals surface area contributed by atoms with E-state index in [2.05, 4.69) is 23.7 Å². The largest absolute Gasteiger partial charge is 0.397 e. The third-order valence-electron chi connectivity index (χ3n) is 3.28. The average molecular weight is 219 g/mol. The second kappa shape index (κ2) is 4.42. The predicted octanol–water partition coefficient (Wildman–Crippen LogP) is 2.29. The minimum atomic E-state index is 0.432. The van der Waals surface area contributed by atoms with E-state index in [0.717, 1.165) is 24.5 Å². The molecule has 1 saturated heterocycles. The van der Waals surface area contributed by atoms with E-state index in [-0.39, 0.29) is 0 Å². The number of nitrogen functional groups attached to an aromatic ring is 1. The van der Waals surface area contributed by atoms with Gasteiger partial charge >= 0.3 is 0 Å². The van der Waals surface area contributed by atoms with Crippen LogP contribution in [-0.2, 0) is 6.54 Å². The number of piperidine rings is 1. The molecule has 0 spiro atoms. The lowest BCUT2D eigenvalue weighted by molar-refractivity contribution is 0.111. The number of anilines is 1. The number of likely N-dealkylation sites (tertiary alicyclic amines) is 1. The first-order chi connectivity index (χ1) is 7.57. The summed E-state index contributed by atoms with van der Waals surface area (Å²) in [6.07, 6.45) is 4.42. The molecule has 2 rings (SSSR count). The molecule has 0 radical (unpaired) electrons. The Morgan fingerprint density at radius 1 is 1.50 bits per heavy atom. The van der Waals surface area contributed by atoms with E-state index < -0.39 is 0 Å². The van der Waals surface area contributed by atoms with Gasteiger partial charge in [-0.15, -0.1) is 0 Å². The molecular weight excluding hydrogens is 198 g/mol. The Labute approximate surface area is 97.7 Å². The van der Waals surface area contributed by atoms with Crippen molar-refractivity contribution in [2.45, 2.75) is 33.2 Å². The SMILES string of the molecule is CC1(C)CCCN(Cc2ncccc2N)C1. The lowest BCUT2D eigenvalue weighted by atomic mass is 9.84. The molecule has 3 heteroatoms. The maximum Gasteiger partial charge on any atom is 0.0772 e. The van der Waals surface area contributed by atoms with Gasteiger partial charge in [-0.1, -0.05) is 13.8 Å². The second-order valence-corrected chi connectivity index (χ2v) is 5.52. The summed E-state index contributed by atoms with van der Waals surface area (Å²) >= 11 is 0. The zero-order valence-corrected chi connectivity index (χ0v) is 10.2. The third kappa shape index (κ3) is 2.73. The number of pyridine rings is 1. The van der Waals surface area contributed by atoms with Crippen LogP contribution in [0.4, 0.5) is 5.69 Å². The van der Waals surface area contributed by atoms with Gasteiger partial charge in [-0.05, 0) is 36.9 Å². The molecule has 0 bridgehead atoms. The predicted molar refractivity (Wildman–Crippen MR) is 66.9 cm³/mol. The van der Waals surface area contributed by atoms with Crippen LogP contribution in [0.2, 0.25) is 0 Å². The molecule has 1 aromatic heterocycles. The van der Waals surface area contributed by atoms with Crippen LogP contribution in [0, 0.1) is 5.41 Å². The fourth-order valence-electron chi connectivity index (χ4n) is 2.47. The van der Waals surface area contributed by atoms with Crippen LogP contribution in [-0.4, -0.2) is 23.0 Å². The van der Waals surface area contributed by atoms with Gasteiger partial charge in [-0.25, -0.2) is 0 Å². The minimum absolute atomic E-state index is 0.432. The molecule has 1 aromatic rings. The van der Waals surface area contributed by atoms with Crippen molar-refractivity contribution < 1.29 is 0 Å². The Morgan fingerprint density at radius 3 is 3.00 bits per heavy atom. The van der Waals surface area contributed by atoms with Gasteiger partial charge < -0.3 is 5.73 Å². The zero-order chi connectivity index (χ0) is 11.6. The number of nitrogens with two attached hydrogens (primary N) is 1. The lowest BCUT2D eigenvalue weighted by Crippen LogP contribution is -2.39. The fourth-order valence-corrected chi connectivity index (χ4v) is 2.47. The van der Waals surface area contributed by atoms with E-state index >= 15 is 0 Å².